The van der Waals surface area contributed by atoms with Gasteiger partial charge in [-0.3, -0.25) is 0 Å². The minimum Gasteiger partial charge on any atom is -0.463 e. The molecular weight excluding hydrogens is 428 g/mol. The second-order valence-corrected chi connectivity index (χ2v) is 7.94. The van der Waals surface area contributed by atoms with Crippen molar-refractivity contribution in [3.63, 3.8) is 0 Å². The predicted octanol–water partition coefficient (Wildman–Crippen LogP) is 7.96. The molecule has 0 amide bonds. The highest BCUT2D eigenvalue weighted by molar-refractivity contribution is 6.20. The summed E-state index contributed by atoms with van der Waals surface area (Å²) in [6.07, 6.45) is 5.59. The molecule has 0 bridgehead atoms. The predicted molar refractivity (Wildman–Crippen MR) is 146 cm³/mol. The average molecular weight is 457 g/mol. The Labute approximate surface area is 207 Å². The van der Waals surface area contributed by atoms with Crippen LogP contribution in [0.3, 0.4) is 0 Å². The lowest BCUT2D eigenvalue weighted by Crippen LogP contribution is -2.00. The highest BCUT2D eigenvalue weighted by atomic mass is 16.5. The highest BCUT2D eigenvalue weighted by Gasteiger charge is 2.17. The summed E-state index contributed by atoms with van der Waals surface area (Å²) in [5.41, 5.74) is 7.31. The lowest BCUT2D eigenvalue weighted by molar-refractivity contribution is -0.137. The quantitative estimate of drug-likeness (QED) is 0.116. The minimum atomic E-state index is -0.360. The van der Waals surface area contributed by atoms with Crippen molar-refractivity contribution in [1.29, 1.82) is 0 Å². The molecule has 0 saturated heterocycles. The Kier molecular flexibility index (Phi) is 8.23. The maximum atomic E-state index is 12.3. The van der Waals surface area contributed by atoms with Gasteiger partial charge in [0.2, 0.25) is 0 Å². The van der Waals surface area contributed by atoms with Crippen molar-refractivity contribution in [2.45, 2.75) is 6.92 Å². The molecule has 0 aliphatic heterocycles. The Morgan fingerprint density at radius 1 is 0.629 bits per heavy atom. The molecule has 0 atom stereocenters. The molecule has 0 aliphatic rings. The van der Waals surface area contributed by atoms with E-state index in [1.165, 1.54) is 6.08 Å². The van der Waals surface area contributed by atoms with Gasteiger partial charge in [0, 0.05) is 6.08 Å². The van der Waals surface area contributed by atoms with Crippen LogP contribution in [0.15, 0.2) is 133 Å². The normalized spacial score (nSPS) is 12.3. The van der Waals surface area contributed by atoms with Crippen molar-refractivity contribution in [3.05, 3.63) is 156 Å². The molecule has 0 fully saturated rings. The zero-order valence-electron chi connectivity index (χ0n) is 19.8. The zero-order chi connectivity index (χ0) is 24.3. The maximum Gasteiger partial charge on any atom is 0.330 e. The summed E-state index contributed by atoms with van der Waals surface area (Å²) in [7, 11) is 0. The topological polar surface area (TPSA) is 26.3 Å². The van der Waals surface area contributed by atoms with E-state index in [9.17, 15) is 4.79 Å². The molecule has 0 N–H and O–H groups in total. The molecule has 0 radical (unpaired) electrons. The molecule has 4 aromatic carbocycles. The van der Waals surface area contributed by atoms with Gasteiger partial charge in [-0.15, -0.1) is 0 Å². The monoisotopic (exact) mass is 456 g/mol. The number of carbonyl (C=O) groups is 1. The molecule has 172 valence electrons. The second-order valence-electron chi connectivity index (χ2n) is 7.94. The van der Waals surface area contributed by atoms with E-state index in [4.69, 9.17) is 4.74 Å². The number of hydrogen-bond acceptors (Lipinski definition) is 2. The van der Waals surface area contributed by atoms with Gasteiger partial charge in [0.05, 0.1) is 6.61 Å². The molecule has 0 aliphatic carbocycles. The van der Waals surface area contributed by atoms with Crippen molar-refractivity contribution >= 4 is 28.8 Å². The van der Waals surface area contributed by atoms with E-state index in [0.29, 0.717) is 6.61 Å². The molecule has 2 nitrogen and oxygen atoms in total. The third-order valence-electron chi connectivity index (χ3n) is 5.55. The summed E-state index contributed by atoms with van der Waals surface area (Å²) in [6, 6.07) is 41.1. The first kappa shape index (κ1) is 23.7. The van der Waals surface area contributed by atoms with Gasteiger partial charge in [-0.2, -0.15) is 0 Å². The van der Waals surface area contributed by atoms with Gasteiger partial charge in [-0.05, 0) is 58.0 Å². The number of rotatable bonds is 8. The summed E-state index contributed by atoms with van der Waals surface area (Å²) in [5, 5.41) is 0. The van der Waals surface area contributed by atoms with Crippen LogP contribution in [0.1, 0.15) is 29.2 Å². The lowest BCUT2D eigenvalue weighted by atomic mass is 9.85. The van der Waals surface area contributed by atoms with Gasteiger partial charge in [-0.1, -0.05) is 121 Å². The first-order valence-electron chi connectivity index (χ1n) is 11.8. The van der Waals surface area contributed by atoms with Crippen LogP contribution in [0.25, 0.3) is 22.8 Å². The largest absolute Gasteiger partial charge is 0.463 e. The first-order valence-corrected chi connectivity index (χ1v) is 11.8. The molecule has 4 rings (SSSR count). The van der Waals surface area contributed by atoms with E-state index >= 15 is 0 Å². The summed E-state index contributed by atoms with van der Waals surface area (Å²) >= 11 is 0. The summed E-state index contributed by atoms with van der Waals surface area (Å²) in [4.78, 5) is 12.3. The van der Waals surface area contributed by atoms with E-state index < -0.39 is 0 Å². The summed E-state index contributed by atoms with van der Waals surface area (Å²) < 4.78 is 5.19. The fraction of sp³-hybridized carbons (Fsp3) is 0.0606. The smallest absolute Gasteiger partial charge is 0.330 e. The molecule has 35 heavy (non-hydrogen) atoms. The average Bonchev–Trinajstić information content (AvgIpc) is 2.92. The van der Waals surface area contributed by atoms with Crippen LogP contribution in [0.2, 0.25) is 0 Å². The van der Waals surface area contributed by atoms with Crippen LogP contribution in [-0.2, 0) is 9.53 Å². The Bertz CT molecular complexity index is 1320. The van der Waals surface area contributed by atoms with Crippen molar-refractivity contribution < 1.29 is 9.53 Å². The number of hydrogen-bond donors (Lipinski definition) is 0. The fourth-order valence-electron chi connectivity index (χ4n) is 3.98. The van der Waals surface area contributed by atoms with Gasteiger partial charge < -0.3 is 4.74 Å². The van der Waals surface area contributed by atoms with Crippen molar-refractivity contribution in [1.82, 2.24) is 0 Å². The number of esters is 1. The van der Waals surface area contributed by atoms with E-state index in [1.54, 1.807) is 0 Å². The van der Waals surface area contributed by atoms with Crippen LogP contribution < -0.4 is 0 Å². The molecular formula is C33H28O2. The van der Waals surface area contributed by atoms with Crippen LogP contribution in [0.5, 0.6) is 0 Å². The SMILES string of the molecule is CCOC(=O)/C=C/C(=C(\C(=C/c1ccccc1)c1ccccc1)c1ccccc1)c1ccccc1. The van der Waals surface area contributed by atoms with Crippen molar-refractivity contribution in [3.8, 4) is 0 Å². The number of allylic oxidation sites excluding steroid dienone is 4. The van der Waals surface area contributed by atoms with Crippen LogP contribution in [0, 0.1) is 0 Å². The molecule has 2 heteroatoms. The minimum absolute atomic E-state index is 0.336. The van der Waals surface area contributed by atoms with Crippen LogP contribution >= 0.6 is 0 Å². The van der Waals surface area contributed by atoms with Gasteiger partial charge in [0.15, 0.2) is 0 Å². The molecule has 0 heterocycles. The van der Waals surface area contributed by atoms with Crippen LogP contribution in [-0.4, -0.2) is 12.6 Å². The van der Waals surface area contributed by atoms with Gasteiger partial charge in [0.1, 0.15) is 0 Å². The van der Waals surface area contributed by atoms with Crippen LogP contribution in [0.4, 0.5) is 0 Å². The Hall–Kier alpha value is -4.43. The number of carbonyl (C=O) groups excluding carboxylic acids is 1. The molecule has 0 aromatic heterocycles. The lowest BCUT2D eigenvalue weighted by Gasteiger charge is -2.19. The molecule has 4 aromatic rings. The van der Waals surface area contributed by atoms with Gasteiger partial charge >= 0.3 is 5.97 Å². The van der Waals surface area contributed by atoms with Crippen molar-refractivity contribution in [2.75, 3.05) is 6.61 Å². The number of benzene rings is 4. The van der Waals surface area contributed by atoms with E-state index in [0.717, 1.165) is 39.0 Å². The standard InChI is InChI=1S/C33H28O2/c1-2-35-32(34)24-23-30(27-17-9-4-10-18-27)33(29-21-13-6-14-22-29)31(28-19-11-5-12-20-28)25-26-15-7-3-8-16-26/h3-25H,2H2,1H3/b24-23+,31-25-,33-30+. The zero-order valence-corrected chi connectivity index (χ0v) is 19.8. The highest BCUT2D eigenvalue weighted by Crippen LogP contribution is 2.39. The third kappa shape index (κ3) is 6.33. The fourth-order valence-corrected chi connectivity index (χ4v) is 3.98. The second kappa shape index (κ2) is 12.2. The van der Waals surface area contributed by atoms with Gasteiger partial charge in [-0.25, -0.2) is 4.79 Å². The van der Waals surface area contributed by atoms with Crippen molar-refractivity contribution in [2.24, 2.45) is 0 Å². The summed E-state index contributed by atoms with van der Waals surface area (Å²) in [5.74, 6) is -0.360. The van der Waals surface area contributed by atoms with Gasteiger partial charge in [0.25, 0.3) is 0 Å². The summed E-state index contributed by atoms with van der Waals surface area (Å²) in [6.45, 7) is 2.15. The van der Waals surface area contributed by atoms with E-state index in [2.05, 4.69) is 54.6 Å². The van der Waals surface area contributed by atoms with E-state index in [1.807, 2.05) is 85.8 Å². The Morgan fingerprint density at radius 3 is 1.66 bits per heavy atom. The molecule has 0 spiro atoms. The number of ether oxygens (including phenoxy) is 1. The third-order valence-corrected chi connectivity index (χ3v) is 5.55. The Balaban J connectivity index is 2.06. The Morgan fingerprint density at radius 2 is 1.11 bits per heavy atom. The van der Waals surface area contributed by atoms with E-state index in [-0.39, 0.29) is 5.97 Å². The molecule has 0 saturated carbocycles. The maximum absolute atomic E-state index is 12.3. The molecule has 0 unspecified atom stereocenters. The first-order chi connectivity index (χ1) is 17.3.